The van der Waals surface area contributed by atoms with Gasteiger partial charge in [-0.3, -0.25) is 9.59 Å². The molecule has 0 fully saturated rings. The smallest absolute Gasteiger partial charge is 0.267 e. The van der Waals surface area contributed by atoms with Gasteiger partial charge in [-0.15, -0.1) is 11.3 Å². The number of rotatable bonds is 6. The fourth-order valence-electron chi connectivity index (χ4n) is 2.91. The normalized spacial score (nSPS) is 11.0. The van der Waals surface area contributed by atoms with Crippen LogP contribution in [0.15, 0.2) is 63.2 Å². The molecule has 0 atom stereocenters. The van der Waals surface area contributed by atoms with Crippen molar-refractivity contribution in [2.24, 2.45) is 0 Å². The minimum atomic E-state index is -0.404. The van der Waals surface area contributed by atoms with Crippen LogP contribution in [-0.2, 0) is 6.54 Å². The van der Waals surface area contributed by atoms with Crippen molar-refractivity contribution in [2.75, 3.05) is 0 Å². The summed E-state index contributed by atoms with van der Waals surface area (Å²) in [4.78, 5) is 25.8. The minimum Gasteiger partial charge on any atom is -0.356 e. The van der Waals surface area contributed by atoms with Crippen LogP contribution in [0.25, 0.3) is 21.9 Å². The lowest BCUT2D eigenvalue weighted by atomic mass is 10.1. The average molecular weight is 409 g/mol. The summed E-state index contributed by atoms with van der Waals surface area (Å²) in [6.07, 6.45) is 0.0726. The number of benzene rings is 1. The molecule has 0 aliphatic rings. The first-order valence-corrected chi connectivity index (χ1v) is 9.78. The van der Waals surface area contributed by atoms with Crippen molar-refractivity contribution < 1.29 is 13.7 Å². The van der Waals surface area contributed by atoms with Crippen molar-refractivity contribution in [3.8, 4) is 21.9 Å². The molecule has 8 heteroatoms. The fourth-order valence-corrected chi connectivity index (χ4v) is 3.63. The number of carbonyl (C=O) groups excluding carboxylic acids is 1. The second-order valence-electron chi connectivity index (χ2n) is 6.46. The van der Waals surface area contributed by atoms with Crippen molar-refractivity contribution in [3.63, 3.8) is 0 Å². The number of hydrogen-bond donors (Lipinski definition) is 0. The van der Waals surface area contributed by atoms with E-state index in [0.29, 0.717) is 28.3 Å². The van der Waals surface area contributed by atoms with Gasteiger partial charge in [0.15, 0.2) is 11.5 Å². The van der Waals surface area contributed by atoms with Crippen LogP contribution in [0.5, 0.6) is 0 Å². The highest BCUT2D eigenvalue weighted by Crippen LogP contribution is 2.32. The summed E-state index contributed by atoms with van der Waals surface area (Å²) < 4.78 is 19.6. The van der Waals surface area contributed by atoms with Gasteiger partial charge in [0.25, 0.3) is 5.56 Å². The summed E-state index contributed by atoms with van der Waals surface area (Å²) in [5.74, 6) is -0.130. The van der Waals surface area contributed by atoms with Gasteiger partial charge >= 0.3 is 0 Å². The molecule has 0 bridgehead atoms. The average Bonchev–Trinajstić information content (AvgIpc) is 3.39. The lowest BCUT2D eigenvalue weighted by Crippen LogP contribution is -2.24. The molecule has 0 N–H and O–H groups in total. The van der Waals surface area contributed by atoms with E-state index >= 15 is 0 Å². The van der Waals surface area contributed by atoms with E-state index in [0.717, 1.165) is 4.88 Å². The molecule has 1 aromatic carbocycles. The highest BCUT2D eigenvalue weighted by atomic mass is 32.1. The summed E-state index contributed by atoms with van der Waals surface area (Å²) in [6, 6.07) is 12.3. The highest BCUT2D eigenvalue weighted by Gasteiger charge is 2.17. The Morgan fingerprint density at radius 3 is 2.66 bits per heavy atom. The van der Waals surface area contributed by atoms with Crippen molar-refractivity contribution >= 4 is 17.1 Å². The molecule has 0 saturated heterocycles. The maximum Gasteiger partial charge on any atom is 0.267 e. The van der Waals surface area contributed by atoms with Gasteiger partial charge in [0.1, 0.15) is 11.5 Å². The number of ketones is 1. The number of aryl methyl sites for hydroxylation is 2. The number of aromatic nitrogens is 3. The number of thiophene rings is 1. The van der Waals surface area contributed by atoms with Crippen molar-refractivity contribution in [3.05, 3.63) is 81.3 Å². The number of nitrogens with zero attached hydrogens (tertiary/aromatic N) is 3. The lowest BCUT2D eigenvalue weighted by molar-refractivity contribution is 0.0975. The molecule has 146 valence electrons. The maximum absolute atomic E-state index is 13.0. The number of hydrogen-bond acceptors (Lipinski definition) is 6. The molecule has 3 aromatic heterocycles. The molecule has 0 spiro atoms. The summed E-state index contributed by atoms with van der Waals surface area (Å²) in [5.41, 5.74) is 1.89. The summed E-state index contributed by atoms with van der Waals surface area (Å²) in [7, 11) is 0. The zero-order valence-corrected chi connectivity index (χ0v) is 16.3. The van der Waals surface area contributed by atoms with Gasteiger partial charge < -0.3 is 4.52 Å². The van der Waals surface area contributed by atoms with Crippen LogP contribution in [0, 0.1) is 12.7 Å². The Labute approximate surface area is 169 Å². The van der Waals surface area contributed by atoms with E-state index in [4.69, 9.17) is 4.52 Å². The summed E-state index contributed by atoms with van der Waals surface area (Å²) in [5, 5.41) is 10.3. The van der Waals surface area contributed by atoms with Gasteiger partial charge in [-0.1, -0.05) is 11.2 Å². The SMILES string of the molecule is Cc1cc(-c2cc(=O)n(CCC(=O)c3ccc(F)cc3)nc2-c2cccs2)on1. The van der Waals surface area contributed by atoms with E-state index in [1.54, 1.807) is 13.0 Å². The molecule has 0 saturated carbocycles. The molecule has 0 amide bonds. The third kappa shape index (κ3) is 4.07. The first-order valence-electron chi connectivity index (χ1n) is 8.90. The second-order valence-corrected chi connectivity index (χ2v) is 7.41. The predicted molar refractivity (Wildman–Crippen MR) is 107 cm³/mol. The Hall–Kier alpha value is -3.39. The predicted octanol–water partition coefficient (Wildman–Crippen LogP) is 4.35. The molecular formula is C21H16FN3O3S. The van der Waals surface area contributed by atoms with Gasteiger partial charge in [-0.2, -0.15) is 5.10 Å². The second kappa shape index (κ2) is 7.92. The highest BCUT2D eigenvalue weighted by molar-refractivity contribution is 7.13. The van der Waals surface area contributed by atoms with Gasteiger partial charge in [-0.25, -0.2) is 9.07 Å². The number of Topliss-reactive ketones (excluding diaryl/α,β-unsaturated/α-hetero) is 1. The van der Waals surface area contributed by atoms with E-state index < -0.39 is 5.82 Å². The molecule has 29 heavy (non-hydrogen) atoms. The van der Waals surface area contributed by atoms with Crippen molar-refractivity contribution in [1.29, 1.82) is 0 Å². The number of carbonyl (C=O) groups is 1. The van der Waals surface area contributed by atoms with Crippen LogP contribution in [0.2, 0.25) is 0 Å². The van der Waals surface area contributed by atoms with E-state index in [1.165, 1.54) is 46.4 Å². The quantitative estimate of drug-likeness (QED) is 0.443. The molecule has 4 aromatic rings. The Balaban J connectivity index is 1.66. The molecule has 0 unspecified atom stereocenters. The third-order valence-corrected chi connectivity index (χ3v) is 5.24. The first-order chi connectivity index (χ1) is 14.0. The van der Waals surface area contributed by atoms with Crippen LogP contribution < -0.4 is 5.56 Å². The molecule has 0 radical (unpaired) electrons. The Bertz CT molecular complexity index is 1210. The first kappa shape index (κ1) is 18.9. The van der Waals surface area contributed by atoms with E-state index in [9.17, 15) is 14.0 Å². The molecule has 0 aliphatic carbocycles. The topological polar surface area (TPSA) is 78.0 Å². The van der Waals surface area contributed by atoms with Crippen LogP contribution >= 0.6 is 11.3 Å². The Morgan fingerprint density at radius 1 is 1.21 bits per heavy atom. The van der Waals surface area contributed by atoms with Gasteiger partial charge in [-0.05, 0) is 42.6 Å². The lowest BCUT2D eigenvalue weighted by Gasteiger charge is -2.09. The molecule has 6 nitrogen and oxygen atoms in total. The van der Waals surface area contributed by atoms with Crippen molar-refractivity contribution in [2.45, 2.75) is 19.9 Å². The Morgan fingerprint density at radius 2 is 2.00 bits per heavy atom. The van der Waals surface area contributed by atoms with Gasteiger partial charge in [0.2, 0.25) is 0 Å². The largest absolute Gasteiger partial charge is 0.356 e. The van der Waals surface area contributed by atoms with Crippen LogP contribution in [0.4, 0.5) is 4.39 Å². The summed E-state index contributed by atoms with van der Waals surface area (Å²) >= 11 is 1.49. The van der Waals surface area contributed by atoms with Gasteiger partial charge in [0.05, 0.1) is 22.7 Å². The van der Waals surface area contributed by atoms with Crippen LogP contribution in [0.3, 0.4) is 0 Å². The third-order valence-electron chi connectivity index (χ3n) is 4.36. The van der Waals surface area contributed by atoms with E-state index in [-0.39, 0.29) is 24.3 Å². The van der Waals surface area contributed by atoms with Crippen molar-refractivity contribution in [1.82, 2.24) is 14.9 Å². The van der Waals surface area contributed by atoms with Gasteiger partial charge in [0, 0.05) is 24.1 Å². The zero-order chi connectivity index (χ0) is 20.4. The molecule has 0 aliphatic heterocycles. The number of halogens is 1. The summed E-state index contributed by atoms with van der Waals surface area (Å²) in [6.45, 7) is 1.91. The molecule has 3 heterocycles. The van der Waals surface area contributed by atoms with Crippen LogP contribution in [0.1, 0.15) is 22.5 Å². The molecule has 4 rings (SSSR count). The standard InChI is InChI=1S/C21H16FN3O3S/c1-13-11-18(28-24-13)16-12-20(27)25(23-21(16)19-3-2-10-29-19)9-8-17(26)14-4-6-15(22)7-5-14/h2-7,10-12H,8-9H2,1H3. The fraction of sp³-hybridized carbons (Fsp3) is 0.143. The van der Waals surface area contributed by atoms with E-state index in [1.807, 2.05) is 17.5 Å². The Kier molecular flexibility index (Phi) is 5.18. The monoisotopic (exact) mass is 409 g/mol. The van der Waals surface area contributed by atoms with E-state index in [2.05, 4.69) is 10.3 Å². The maximum atomic E-state index is 13.0. The van der Waals surface area contributed by atoms with Crippen LogP contribution in [-0.4, -0.2) is 20.7 Å². The zero-order valence-electron chi connectivity index (χ0n) is 15.5. The molecular weight excluding hydrogens is 393 g/mol. The minimum absolute atomic E-state index is 0.0726.